The van der Waals surface area contributed by atoms with Crippen LogP contribution in [0.2, 0.25) is 5.02 Å². The molecule has 1 N–H and O–H groups in total. The highest BCUT2D eigenvalue weighted by molar-refractivity contribution is 6.31. The normalized spacial score (nSPS) is 21.7. The van der Waals surface area contributed by atoms with Crippen LogP contribution in [-0.4, -0.2) is 23.1 Å². The molecule has 1 saturated heterocycles. The molecule has 0 aromatic heterocycles. The summed E-state index contributed by atoms with van der Waals surface area (Å²) >= 11 is 5.76. The molecule has 2 atom stereocenters. The zero-order chi connectivity index (χ0) is 25.7. The Morgan fingerprint density at radius 2 is 1.49 bits per heavy atom. The topological polar surface area (TPSA) is 23.5 Å². The predicted octanol–water partition coefficient (Wildman–Crippen LogP) is 8.01. The number of rotatable bonds is 3. The molecule has 0 radical (unpaired) electrons. The van der Waals surface area contributed by atoms with E-state index in [-0.39, 0.29) is 54.4 Å². The highest BCUT2D eigenvalue weighted by Crippen LogP contribution is 2.46. The third-order valence-corrected chi connectivity index (χ3v) is 7.99. The summed E-state index contributed by atoms with van der Waals surface area (Å²) in [5, 5.41) is 10.9. The van der Waals surface area contributed by atoms with Gasteiger partial charge in [0.1, 0.15) is 11.6 Å². The Labute approximate surface area is 223 Å². The van der Waals surface area contributed by atoms with Crippen molar-refractivity contribution in [3.05, 3.63) is 105 Å². The zero-order valence-electron chi connectivity index (χ0n) is 19.7. The highest BCUT2D eigenvalue weighted by Gasteiger charge is 2.41. The minimum absolute atomic E-state index is 0. The van der Waals surface area contributed by atoms with Gasteiger partial charge in [-0.25, -0.2) is 8.78 Å². The van der Waals surface area contributed by atoms with Gasteiger partial charge in [-0.15, -0.1) is 12.4 Å². The largest absolute Gasteiger partial charge is 0.417 e. The summed E-state index contributed by atoms with van der Waals surface area (Å²) < 4.78 is 67.8. The van der Waals surface area contributed by atoms with Gasteiger partial charge in [-0.3, -0.25) is 4.90 Å². The summed E-state index contributed by atoms with van der Waals surface area (Å²) in [6.45, 7) is 0.893. The molecule has 198 valence electrons. The molecule has 2 aliphatic rings. The number of fused-ring (bicyclic) bond motifs is 1. The van der Waals surface area contributed by atoms with Gasteiger partial charge < -0.3 is 5.11 Å². The summed E-state index contributed by atoms with van der Waals surface area (Å²) in [7, 11) is 0. The van der Waals surface area contributed by atoms with Crippen molar-refractivity contribution in [1.29, 1.82) is 0 Å². The molecule has 0 saturated carbocycles. The molecule has 1 aliphatic carbocycles. The molecule has 2 unspecified atom stereocenters. The molecule has 2 nitrogen and oxygen atoms in total. The van der Waals surface area contributed by atoms with E-state index in [0.717, 1.165) is 35.6 Å². The van der Waals surface area contributed by atoms with Crippen molar-refractivity contribution in [2.45, 2.75) is 49.4 Å². The van der Waals surface area contributed by atoms with Crippen molar-refractivity contribution in [1.82, 2.24) is 4.90 Å². The first-order chi connectivity index (χ1) is 17.0. The summed E-state index contributed by atoms with van der Waals surface area (Å²) in [5.41, 5.74) is 0.668. The van der Waals surface area contributed by atoms with Crippen LogP contribution >= 0.6 is 24.0 Å². The average Bonchev–Trinajstić information content (AvgIpc) is 2.84. The van der Waals surface area contributed by atoms with E-state index in [1.54, 1.807) is 24.3 Å². The Morgan fingerprint density at radius 1 is 0.838 bits per heavy atom. The number of hydrogen-bond acceptors (Lipinski definition) is 2. The molecular formula is C28H26Cl2F5NO. The van der Waals surface area contributed by atoms with Gasteiger partial charge >= 0.3 is 6.18 Å². The molecule has 1 heterocycles. The van der Waals surface area contributed by atoms with Gasteiger partial charge in [0, 0.05) is 25.0 Å². The third-order valence-electron chi connectivity index (χ3n) is 7.66. The van der Waals surface area contributed by atoms with Crippen molar-refractivity contribution >= 4 is 24.0 Å². The molecule has 0 spiro atoms. The van der Waals surface area contributed by atoms with Crippen LogP contribution in [-0.2, 0) is 11.8 Å². The molecule has 0 bridgehead atoms. The standard InChI is InChI=1S/C28H25ClF5NO.ClH/c29-25-9-3-18(15-24(25)28(32,33)34)27(36)11-13-35(14-12-27)26-10-8-21(17-1-4-19(30)5-2-17)22-7-6-20(31)16-23(22)26;/h1-7,9,15-16,21,26,36H,8,10-14H2;1H. The number of halogens is 7. The first kappa shape index (κ1) is 27.8. The molecule has 3 aromatic rings. The second kappa shape index (κ2) is 10.5. The van der Waals surface area contributed by atoms with Crippen molar-refractivity contribution < 1.29 is 27.1 Å². The lowest BCUT2D eigenvalue weighted by Crippen LogP contribution is -2.45. The van der Waals surface area contributed by atoms with Crippen LogP contribution in [0.15, 0.2) is 60.7 Å². The number of benzene rings is 3. The highest BCUT2D eigenvalue weighted by atomic mass is 35.5. The molecule has 3 aromatic carbocycles. The number of hydrogen-bond donors (Lipinski definition) is 1. The Morgan fingerprint density at radius 3 is 2.14 bits per heavy atom. The number of nitrogens with zero attached hydrogens (tertiary/aromatic N) is 1. The van der Waals surface area contributed by atoms with Gasteiger partial charge in [-0.1, -0.05) is 35.9 Å². The number of alkyl halides is 3. The monoisotopic (exact) mass is 557 g/mol. The second-order valence-corrected chi connectivity index (χ2v) is 10.1. The molecule has 9 heteroatoms. The SMILES string of the molecule is Cl.OC1(c2ccc(Cl)c(C(F)(F)F)c2)CCN(C2CCC(c3ccc(F)cc3)c3ccc(F)cc32)CC1. The van der Waals surface area contributed by atoms with Crippen molar-refractivity contribution in [3.63, 3.8) is 0 Å². The molecule has 37 heavy (non-hydrogen) atoms. The van der Waals surface area contributed by atoms with Crippen molar-refractivity contribution in [2.75, 3.05) is 13.1 Å². The summed E-state index contributed by atoms with van der Waals surface area (Å²) in [5.74, 6) is -0.627. The van der Waals surface area contributed by atoms with Gasteiger partial charge in [0.15, 0.2) is 0 Å². The van der Waals surface area contributed by atoms with E-state index in [4.69, 9.17) is 11.6 Å². The second-order valence-electron chi connectivity index (χ2n) is 9.73. The van der Waals surface area contributed by atoms with Crippen LogP contribution in [0.5, 0.6) is 0 Å². The van der Waals surface area contributed by atoms with Crippen LogP contribution in [0, 0.1) is 11.6 Å². The van der Waals surface area contributed by atoms with Crippen LogP contribution in [0.1, 0.15) is 65.5 Å². The average molecular weight is 558 g/mol. The zero-order valence-corrected chi connectivity index (χ0v) is 21.3. The first-order valence-electron chi connectivity index (χ1n) is 11.9. The van der Waals surface area contributed by atoms with E-state index >= 15 is 0 Å². The molecule has 1 aliphatic heterocycles. The van der Waals surface area contributed by atoms with Gasteiger partial charge in [-0.2, -0.15) is 13.2 Å². The van der Waals surface area contributed by atoms with Gasteiger partial charge in [0.2, 0.25) is 0 Å². The summed E-state index contributed by atoms with van der Waals surface area (Å²) in [6, 6.07) is 14.6. The lowest BCUT2D eigenvalue weighted by molar-refractivity contribution is -0.137. The molecule has 1 fully saturated rings. The minimum atomic E-state index is -4.61. The number of likely N-dealkylation sites (tertiary alicyclic amines) is 1. The number of piperidine rings is 1. The maximum absolute atomic E-state index is 14.3. The van der Waals surface area contributed by atoms with Gasteiger partial charge in [0.25, 0.3) is 0 Å². The van der Waals surface area contributed by atoms with E-state index in [2.05, 4.69) is 4.90 Å². The van der Waals surface area contributed by atoms with E-state index < -0.39 is 22.4 Å². The maximum atomic E-state index is 14.3. The van der Waals surface area contributed by atoms with Crippen LogP contribution in [0.4, 0.5) is 22.0 Å². The Balaban J connectivity index is 0.00000320. The lowest BCUT2D eigenvalue weighted by atomic mass is 9.75. The molecular weight excluding hydrogens is 532 g/mol. The third kappa shape index (κ3) is 5.51. The van der Waals surface area contributed by atoms with Crippen LogP contribution in [0.3, 0.4) is 0 Å². The van der Waals surface area contributed by atoms with Crippen molar-refractivity contribution in [2.24, 2.45) is 0 Å². The Bertz CT molecular complexity index is 1260. The lowest BCUT2D eigenvalue weighted by Gasteiger charge is -2.45. The van der Waals surface area contributed by atoms with Crippen LogP contribution < -0.4 is 0 Å². The number of aliphatic hydroxyl groups is 1. The quantitative estimate of drug-likeness (QED) is 0.329. The molecule has 0 amide bonds. The van der Waals surface area contributed by atoms with Crippen molar-refractivity contribution in [3.8, 4) is 0 Å². The van der Waals surface area contributed by atoms with Gasteiger partial charge in [-0.05, 0) is 84.3 Å². The Kier molecular flexibility index (Phi) is 7.92. The fourth-order valence-corrected chi connectivity index (χ4v) is 5.96. The summed E-state index contributed by atoms with van der Waals surface area (Å²) in [6.07, 6.45) is -2.58. The maximum Gasteiger partial charge on any atom is 0.417 e. The van der Waals surface area contributed by atoms with E-state index in [1.807, 2.05) is 0 Å². The minimum Gasteiger partial charge on any atom is -0.385 e. The van der Waals surface area contributed by atoms with E-state index in [9.17, 15) is 27.1 Å². The molecule has 5 rings (SSSR count). The van der Waals surface area contributed by atoms with Crippen LogP contribution in [0.25, 0.3) is 0 Å². The predicted molar refractivity (Wildman–Crippen MR) is 135 cm³/mol. The smallest absolute Gasteiger partial charge is 0.385 e. The van der Waals surface area contributed by atoms with E-state index in [1.165, 1.54) is 30.3 Å². The fraction of sp³-hybridized carbons (Fsp3) is 0.357. The van der Waals surface area contributed by atoms with E-state index in [0.29, 0.717) is 13.1 Å². The van der Waals surface area contributed by atoms with Gasteiger partial charge in [0.05, 0.1) is 16.2 Å². The Hall–Kier alpha value is -2.19. The first-order valence-corrected chi connectivity index (χ1v) is 12.3. The fourth-order valence-electron chi connectivity index (χ4n) is 5.73. The summed E-state index contributed by atoms with van der Waals surface area (Å²) in [4.78, 5) is 2.17.